The van der Waals surface area contributed by atoms with E-state index in [1.807, 2.05) is 13.0 Å². The van der Waals surface area contributed by atoms with Crippen LogP contribution in [0.5, 0.6) is 5.75 Å². The monoisotopic (exact) mass is 315 g/mol. The van der Waals surface area contributed by atoms with Crippen molar-refractivity contribution < 1.29 is 14.1 Å². The van der Waals surface area contributed by atoms with Gasteiger partial charge in [-0.3, -0.25) is 0 Å². The molecular weight excluding hydrogens is 298 g/mol. The van der Waals surface area contributed by atoms with Crippen molar-refractivity contribution in [2.24, 2.45) is 0 Å². The van der Waals surface area contributed by atoms with Crippen LogP contribution in [0.4, 0.5) is 10.5 Å². The Kier molecular flexibility index (Phi) is 5.52. The number of aryl methyl sites for hydroxylation is 1. The van der Waals surface area contributed by atoms with Crippen LogP contribution in [0.15, 0.2) is 22.7 Å². The van der Waals surface area contributed by atoms with Crippen molar-refractivity contribution in [3.8, 4) is 11.8 Å². The molecule has 0 bridgehead atoms. The molecule has 23 heavy (non-hydrogen) atoms. The SMILES string of the molecule is CCOc1ccc(C#N)cc1NC(=O)NCCc1nc(C)no1. The van der Waals surface area contributed by atoms with Gasteiger partial charge in [0.2, 0.25) is 5.89 Å². The predicted molar refractivity (Wildman–Crippen MR) is 82.1 cm³/mol. The predicted octanol–water partition coefficient (Wildman–Crippen LogP) is 2.01. The fourth-order valence-corrected chi connectivity index (χ4v) is 1.87. The smallest absolute Gasteiger partial charge is 0.319 e. The Morgan fingerprint density at radius 2 is 2.30 bits per heavy atom. The van der Waals surface area contributed by atoms with Crippen molar-refractivity contribution in [1.82, 2.24) is 15.5 Å². The third-order valence-corrected chi connectivity index (χ3v) is 2.85. The van der Waals surface area contributed by atoms with Gasteiger partial charge in [0.05, 0.1) is 23.9 Å². The van der Waals surface area contributed by atoms with Crippen molar-refractivity contribution in [2.75, 3.05) is 18.5 Å². The lowest BCUT2D eigenvalue weighted by atomic mass is 10.2. The number of carbonyl (C=O) groups is 1. The molecule has 0 saturated heterocycles. The number of urea groups is 1. The number of hydrogen-bond acceptors (Lipinski definition) is 6. The van der Waals surface area contributed by atoms with Gasteiger partial charge in [-0.1, -0.05) is 5.16 Å². The molecule has 0 saturated carbocycles. The van der Waals surface area contributed by atoms with Crippen LogP contribution in [-0.2, 0) is 6.42 Å². The van der Waals surface area contributed by atoms with E-state index < -0.39 is 6.03 Å². The topological polar surface area (TPSA) is 113 Å². The molecule has 2 amide bonds. The highest BCUT2D eigenvalue weighted by molar-refractivity contribution is 5.91. The summed E-state index contributed by atoms with van der Waals surface area (Å²) in [6.07, 6.45) is 0.435. The molecule has 0 atom stereocenters. The van der Waals surface area contributed by atoms with Gasteiger partial charge < -0.3 is 19.9 Å². The molecule has 0 aliphatic heterocycles. The molecule has 2 aromatic rings. The molecule has 0 unspecified atom stereocenters. The van der Waals surface area contributed by atoms with Gasteiger partial charge in [-0.25, -0.2) is 4.79 Å². The van der Waals surface area contributed by atoms with Crippen LogP contribution >= 0.6 is 0 Å². The van der Waals surface area contributed by atoms with Gasteiger partial charge in [-0.2, -0.15) is 10.2 Å². The molecule has 120 valence electrons. The summed E-state index contributed by atoms with van der Waals surface area (Å²) < 4.78 is 10.4. The zero-order valence-electron chi connectivity index (χ0n) is 12.9. The highest BCUT2D eigenvalue weighted by atomic mass is 16.5. The number of aromatic nitrogens is 2. The zero-order valence-corrected chi connectivity index (χ0v) is 12.9. The second-order valence-corrected chi connectivity index (χ2v) is 4.62. The maximum atomic E-state index is 11.9. The van der Waals surface area contributed by atoms with Crippen LogP contribution in [0.25, 0.3) is 0 Å². The van der Waals surface area contributed by atoms with Crippen LogP contribution in [-0.4, -0.2) is 29.3 Å². The van der Waals surface area contributed by atoms with Crippen molar-refractivity contribution in [1.29, 1.82) is 5.26 Å². The van der Waals surface area contributed by atoms with E-state index in [9.17, 15) is 4.79 Å². The maximum absolute atomic E-state index is 11.9. The second kappa shape index (κ2) is 7.79. The number of anilines is 1. The number of nitrogens with one attached hydrogen (secondary N) is 2. The molecule has 0 radical (unpaired) electrons. The quantitative estimate of drug-likeness (QED) is 0.843. The summed E-state index contributed by atoms with van der Waals surface area (Å²) in [6, 6.07) is 6.46. The molecule has 1 heterocycles. The lowest BCUT2D eigenvalue weighted by Gasteiger charge is -2.12. The standard InChI is InChI=1S/C15H17N5O3/c1-3-22-13-5-4-11(9-16)8-12(13)19-15(21)17-7-6-14-18-10(2)20-23-14/h4-5,8H,3,6-7H2,1-2H3,(H2,17,19,21). The van der Waals surface area contributed by atoms with Gasteiger partial charge in [0.1, 0.15) is 5.75 Å². The van der Waals surface area contributed by atoms with Crippen molar-refractivity contribution in [3.63, 3.8) is 0 Å². The first-order chi connectivity index (χ1) is 11.1. The molecule has 2 N–H and O–H groups in total. The van der Waals surface area contributed by atoms with E-state index in [0.717, 1.165) is 0 Å². The normalized spacial score (nSPS) is 9.96. The maximum Gasteiger partial charge on any atom is 0.319 e. The first-order valence-electron chi connectivity index (χ1n) is 7.13. The summed E-state index contributed by atoms with van der Waals surface area (Å²) in [5.41, 5.74) is 0.877. The van der Waals surface area contributed by atoms with E-state index in [-0.39, 0.29) is 0 Å². The summed E-state index contributed by atoms with van der Waals surface area (Å²) >= 11 is 0. The van der Waals surface area contributed by atoms with Crippen LogP contribution in [0.3, 0.4) is 0 Å². The van der Waals surface area contributed by atoms with Crippen molar-refractivity contribution in [2.45, 2.75) is 20.3 Å². The van der Waals surface area contributed by atoms with Crippen LogP contribution in [0, 0.1) is 18.3 Å². The van der Waals surface area contributed by atoms with E-state index in [1.54, 1.807) is 25.1 Å². The minimum Gasteiger partial charge on any atom is -0.492 e. The number of benzene rings is 1. The number of amides is 2. The lowest BCUT2D eigenvalue weighted by molar-refractivity contribution is 0.251. The summed E-state index contributed by atoms with van der Waals surface area (Å²) in [5, 5.41) is 18.0. The molecule has 0 spiro atoms. The molecule has 1 aromatic carbocycles. The van der Waals surface area contributed by atoms with E-state index in [2.05, 4.69) is 20.8 Å². The molecule has 8 heteroatoms. The molecule has 0 aliphatic rings. The van der Waals surface area contributed by atoms with Gasteiger partial charge in [-0.15, -0.1) is 0 Å². The third kappa shape index (κ3) is 4.71. The lowest BCUT2D eigenvalue weighted by Crippen LogP contribution is -2.30. The Labute approximate surface area is 133 Å². The molecule has 8 nitrogen and oxygen atoms in total. The van der Waals surface area contributed by atoms with Gasteiger partial charge in [0.25, 0.3) is 0 Å². The average molecular weight is 315 g/mol. The highest BCUT2D eigenvalue weighted by Crippen LogP contribution is 2.25. The number of nitriles is 1. The van der Waals surface area contributed by atoms with Crippen LogP contribution in [0.2, 0.25) is 0 Å². The van der Waals surface area contributed by atoms with E-state index in [0.29, 0.717) is 48.3 Å². The fourth-order valence-electron chi connectivity index (χ4n) is 1.87. The molecule has 0 aliphatic carbocycles. The Bertz CT molecular complexity index is 720. The summed E-state index contributed by atoms with van der Waals surface area (Å²) in [4.78, 5) is 16.0. The van der Waals surface area contributed by atoms with Crippen molar-refractivity contribution in [3.05, 3.63) is 35.5 Å². The number of carbonyl (C=O) groups excluding carboxylic acids is 1. The third-order valence-electron chi connectivity index (χ3n) is 2.85. The largest absolute Gasteiger partial charge is 0.492 e. The van der Waals surface area contributed by atoms with Crippen LogP contribution < -0.4 is 15.4 Å². The molecular formula is C15H17N5O3. The molecule has 0 fully saturated rings. The first kappa shape index (κ1) is 16.3. The number of rotatable bonds is 6. The summed E-state index contributed by atoms with van der Waals surface area (Å²) in [5.74, 6) is 1.53. The highest BCUT2D eigenvalue weighted by Gasteiger charge is 2.09. The number of nitrogens with zero attached hydrogens (tertiary/aromatic N) is 3. The number of ether oxygens (including phenoxy) is 1. The minimum absolute atomic E-state index is 0.343. The average Bonchev–Trinajstić information content (AvgIpc) is 2.94. The minimum atomic E-state index is -0.405. The fraction of sp³-hybridized carbons (Fsp3) is 0.333. The Hall–Kier alpha value is -3.08. The first-order valence-corrected chi connectivity index (χ1v) is 7.13. The molecule has 2 rings (SSSR count). The zero-order chi connectivity index (χ0) is 16.7. The van der Waals surface area contributed by atoms with Gasteiger partial charge >= 0.3 is 6.03 Å². The van der Waals surface area contributed by atoms with E-state index in [1.165, 1.54) is 0 Å². The summed E-state index contributed by atoms with van der Waals surface area (Å²) in [7, 11) is 0. The van der Waals surface area contributed by atoms with Crippen molar-refractivity contribution >= 4 is 11.7 Å². The summed E-state index contributed by atoms with van der Waals surface area (Å²) in [6.45, 7) is 4.37. The van der Waals surface area contributed by atoms with E-state index >= 15 is 0 Å². The Morgan fingerprint density at radius 3 is 2.96 bits per heavy atom. The van der Waals surface area contributed by atoms with Crippen LogP contribution in [0.1, 0.15) is 24.2 Å². The van der Waals surface area contributed by atoms with E-state index in [4.69, 9.17) is 14.5 Å². The molecule has 1 aromatic heterocycles. The Balaban J connectivity index is 1.92. The Morgan fingerprint density at radius 1 is 1.48 bits per heavy atom. The number of hydrogen-bond donors (Lipinski definition) is 2. The van der Waals surface area contributed by atoms with Gasteiger partial charge in [0, 0.05) is 13.0 Å². The second-order valence-electron chi connectivity index (χ2n) is 4.62. The van der Waals surface area contributed by atoms with Gasteiger partial charge in [-0.05, 0) is 32.0 Å². The van der Waals surface area contributed by atoms with Gasteiger partial charge in [0.15, 0.2) is 5.82 Å².